The summed E-state index contributed by atoms with van der Waals surface area (Å²) in [7, 11) is -3.62. The molecular weight excluding hydrogens is 385 g/mol. The maximum atomic E-state index is 13.2. The number of amides is 1. The van der Waals surface area contributed by atoms with Crippen molar-refractivity contribution in [1.82, 2.24) is 0 Å². The van der Waals surface area contributed by atoms with E-state index in [0.29, 0.717) is 5.56 Å². The normalized spacial score (nSPS) is 11.1. The standard InChI is InChI=1S/C17H15ClFNO5S/c1-10-3-5-12(19)8-14(10)20-16(21)9-25-17(22)11-4-6-13(18)15(7-11)26(2,23)24/h3-8H,9H2,1-2H3,(H,20,21). The average molecular weight is 400 g/mol. The van der Waals surface area contributed by atoms with E-state index in [2.05, 4.69) is 5.32 Å². The fraction of sp³-hybridized carbons (Fsp3) is 0.176. The number of rotatable bonds is 5. The second-order valence-corrected chi connectivity index (χ2v) is 7.89. The third kappa shape index (κ3) is 5.03. The molecule has 0 aliphatic heterocycles. The Morgan fingerprint density at radius 3 is 2.54 bits per heavy atom. The van der Waals surface area contributed by atoms with Gasteiger partial charge in [0.15, 0.2) is 16.4 Å². The van der Waals surface area contributed by atoms with E-state index in [-0.39, 0.29) is 21.2 Å². The summed E-state index contributed by atoms with van der Waals surface area (Å²) in [4.78, 5) is 23.7. The lowest BCUT2D eigenvalue weighted by Crippen LogP contribution is -2.21. The second kappa shape index (κ2) is 7.84. The van der Waals surface area contributed by atoms with Crippen LogP contribution >= 0.6 is 11.6 Å². The number of aryl methyl sites for hydroxylation is 1. The molecule has 26 heavy (non-hydrogen) atoms. The molecule has 0 spiro atoms. The molecular formula is C17H15ClFNO5S. The van der Waals surface area contributed by atoms with Gasteiger partial charge in [-0.25, -0.2) is 17.6 Å². The van der Waals surface area contributed by atoms with Crippen LogP contribution < -0.4 is 5.32 Å². The van der Waals surface area contributed by atoms with Crippen LogP contribution in [0.15, 0.2) is 41.3 Å². The van der Waals surface area contributed by atoms with Gasteiger partial charge in [-0.15, -0.1) is 0 Å². The van der Waals surface area contributed by atoms with Crippen LogP contribution in [0.5, 0.6) is 0 Å². The summed E-state index contributed by atoms with van der Waals surface area (Å²) in [5.74, 6) is -2.07. The lowest BCUT2D eigenvalue weighted by Gasteiger charge is -2.10. The van der Waals surface area contributed by atoms with Crippen LogP contribution in [0.4, 0.5) is 10.1 Å². The van der Waals surface area contributed by atoms with Crippen LogP contribution in [0.25, 0.3) is 0 Å². The van der Waals surface area contributed by atoms with Gasteiger partial charge in [-0.1, -0.05) is 17.7 Å². The molecule has 0 aliphatic carbocycles. The van der Waals surface area contributed by atoms with Gasteiger partial charge in [0.25, 0.3) is 5.91 Å². The van der Waals surface area contributed by atoms with Crippen LogP contribution in [0.1, 0.15) is 15.9 Å². The summed E-state index contributed by atoms with van der Waals surface area (Å²) < 4.78 is 41.3. The first-order valence-corrected chi connectivity index (χ1v) is 9.57. The highest BCUT2D eigenvalue weighted by Crippen LogP contribution is 2.23. The number of carbonyl (C=O) groups excluding carboxylic acids is 2. The van der Waals surface area contributed by atoms with Gasteiger partial charge >= 0.3 is 5.97 Å². The van der Waals surface area contributed by atoms with Crippen molar-refractivity contribution in [2.75, 3.05) is 18.2 Å². The molecule has 1 N–H and O–H groups in total. The molecule has 6 nitrogen and oxygen atoms in total. The van der Waals surface area contributed by atoms with Crippen molar-refractivity contribution < 1.29 is 27.1 Å². The molecule has 0 bridgehead atoms. The summed E-state index contributed by atoms with van der Waals surface area (Å²) in [6.07, 6.45) is 0.956. The number of benzene rings is 2. The van der Waals surface area contributed by atoms with Gasteiger partial charge in [0.2, 0.25) is 0 Å². The van der Waals surface area contributed by atoms with E-state index in [9.17, 15) is 22.4 Å². The van der Waals surface area contributed by atoms with Gasteiger partial charge in [0.1, 0.15) is 5.82 Å². The Labute approximate surface area is 154 Å². The maximum Gasteiger partial charge on any atom is 0.338 e. The number of carbonyl (C=O) groups is 2. The fourth-order valence-electron chi connectivity index (χ4n) is 2.04. The van der Waals surface area contributed by atoms with Crippen molar-refractivity contribution in [3.05, 3.63) is 58.4 Å². The summed E-state index contributed by atoms with van der Waals surface area (Å²) in [5.41, 5.74) is 0.836. The highest BCUT2D eigenvalue weighted by atomic mass is 35.5. The number of nitrogens with one attached hydrogen (secondary N) is 1. The molecule has 1 amide bonds. The molecule has 0 aliphatic rings. The monoisotopic (exact) mass is 399 g/mol. The Bertz CT molecular complexity index is 975. The molecule has 2 aromatic carbocycles. The SMILES string of the molecule is Cc1ccc(F)cc1NC(=O)COC(=O)c1ccc(Cl)c(S(C)(=O)=O)c1. The van der Waals surface area contributed by atoms with E-state index in [0.717, 1.165) is 18.4 Å². The largest absolute Gasteiger partial charge is 0.452 e. The number of ether oxygens (including phenoxy) is 1. The zero-order valence-corrected chi connectivity index (χ0v) is 15.4. The Hall–Kier alpha value is -2.45. The highest BCUT2D eigenvalue weighted by molar-refractivity contribution is 7.90. The van der Waals surface area contributed by atoms with Crippen molar-refractivity contribution in [1.29, 1.82) is 0 Å². The summed E-state index contributed by atoms with van der Waals surface area (Å²) in [5, 5.41) is 2.40. The average Bonchev–Trinajstić information content (AvgIpc) is 2.55. The van der Waals surface area contributed by atoms with Crippen molar-refractivity contribution in [2.24, 2.45) is 0 Å². The molecule has 2 rings (SSSR count). The Kier molecular flexibility index (Phi) is 5.99. The van der Waals surface area contributed by atoms with Crippen molar-refractivity contribution in [3.8, 4) is 0 Å². The Morgan fingerprint density at radius 1 is 1.19 bits per heavy atom. The number of esters is 1. The van der Waals surface area contributed by atoms with Gasteiger partial charge in [0, 0.05) is 11.9 Å². The molecule has 0 fully saturated rings. The smallest absolute Gasteiger partial charge is 0.338 e. The lowest BCUT2D eigenvalue weighted by molar-refractivity contribution is -0.119. The number of anilines is 1. The third-order valence-electron chi connectivity index (χ3n) is 3.37. The first kappa shape index (κ1) is 19.9. The first-order chi connectivity index (χ1) is 12.1. The fourth-order valence-corrected chi connectivity index (χ4v) is 3.35. The molecule has 0 saturated heterocycles. The Balaban J connectivity index is 2.04. The van der Waals surface area contributed by atoms with Gasteiger partial charge in [-0.05, 0) is 42.8 Å². The van der Waals surface area contributed by atoms with E-state index in [1.807, 2.05) is 0 Å². The van der Waals surface area contributed by atoms with Crippen LogP contribution in [0.2, 0.25) is 5.02 Å². The molecule has 0 heterocycles. The summed E-state index contributed by atoms with van der Waals surface area (Å²) >= 11 is 5.80. The third-order valence-corrected chi connectivity index (χ3v) is 4.95. The van der Waals surface area contributed by atoms with Crippen LogP contribution in [-0.4, -0.2) is 33.2 Å². The van der Waals surface area contributed by atoms with Crippen LogP contribution in [-0.2, 0) is 19.4 Å². The van der Waals surface area contributed by atoms with Gasteiger partial charge < -0.3 is 10.1 Å². The molecule has 2 aromatic rings. The highest BCUT2D eigenvalue weighted by Gasteiger charge is 2.17. The quantitative estimate of drug-likeness (QED) is 0.780. The van der Waals surface area contributed by atoms with E-state index in [1.54, 1.807) is 6.92 Å². The topological polar surface area (TPSA) is 89.5 Å². The molecule has 0 aromatic heterocycles. The van der Waals surface area contributed by atoms with E-state index >= 15 is 0 Å². The molecule has 0 atom stereocenters. The van der Waals surface area contributed by atoms with E-state index in [4.69, 9.17) is 16.3 Å². The number of hydrogen-bond acceptors (Lipinski definition) is 5. The number of hydrogen-bond donors (Lipinski definition) is 1. The van der Waals surface area contributed by atoms with Gasteiger partial charge in [-0.2, -0.15) is 0 Å². The number of sulfone groups is 1. The molecule has 138 valence electrons. The van der Waals surface area contributed by atoms with Crippen molar-refractivity contribution in [2.45, 2.75) is 11.8 Å². The van der Waals surface area contributed by atoms with Gasteiger partial charge in [0.05, 0.1) is 15.5 Å². The predicted molar refractivity (Wildman–Crippen MR) is 94.6 cm³/mol. The lowest BCUT2D eigenvalue weighted by atomic mass is 10.2. The molecule has 0 radical (unpaired) electrons. The van der Waals surface area contributed by atoms with Gasteiger partial charge in [-0.3, -0.25) is 4.79 Å². The summed E-state index contributed by atoms with van der Waals surface area (Å²) in [6.45, 7) is 1.06. The zero-order valence-electron chi connectivity index (χ0n) is 13.9. The first-order valence-electron chi connectivity index (χ1n) is 7.30. The van der Waals surface area contributed by atoms with Crippen LogP contribution in [0, 0.1) is 12.7 Å². The van der Waals surface area contributed by atoms with Crippen molar-refractivity contribution >= 4 is 39.0 Å². The minimum Gasteiger partial charge on any atom is -0.452 e. The van der Waals surface area contributed by atoms with Crippen LogP contribution in [0.3, 0.4) is 0 Å². The minimum absolute atomic E-state index is 0.0247. The molecule has 0 saturated carbocycles. The Morgan fingerprint density at radius 2 is 1.88 bits per heavy atom. The summed E-state index contributed by atoms with van der Waals surface area (Å²) in [6, 6.07) is 7.52. The van der Waals surface area contributed by atoms with Crippen molar-refractivity contribution in [3.63, 3.8) is 0 Å². The zero-order chi connectivity index (χ0) is 19.5. The predicted octanol–water partition coefficient (Wildman–Crippen LogP) is 2.99. The second-order valence-electron chi connectivity index (χ2n) is 5.50. The minimum atomic E-state index is -3.62. The van der Waals surface area contributed by atoms with E-state index in [1.165, 1.54) is 24.3 Å². The molecule has 0 unspecified atom stereocenters. The maximum absolute atomic E-state index is 13.2. The molecule has 9 heteroatoms. The number of halogens is 2. The van der Waals surface area contributed by atoms with E-state index < -0.39 is 34.1 Å².